The molecule has 0 saturated carbocycles. The van der Waals surface area contributed by atoms with Gasteiger partial charge in [-0.25, -0.2) is 0 Å². The summed E-state index contributed by atoms with van der Waals surface area (Å²) in [5.74, 6) is 1.42. The Morgan fingerprint density at radius 2 is 1.56 bits per heavy atom. The van der Waals surface area contributed by atoms with E-state index in [4.69, 9.17) is 26.8 Å². The quantitative estimate of drug-likeness (QED) is 0.888. The predicted molar refractivity (Wildman–Crippen MR) is 66.6 cm³/mol. The summed E-state index contributed by atoms with van der Waals surface area (Å²) in [5.41, 5.74) is 8.70. The van der Waals surface area contributed by atoms with Crippen molar-refractivity contribution in [3.8, 4) is 11.5 Å². The predicted octanol–water partition coefficient (Wildman–Crippen LogP) is 2.99. The molecule has 90 valence electrons. The molecule has 1 aromatic carbocycles. The van der Waals surface area contributed by atoms with Gasteiger partial charge in [-0.1, -0.05) is 11.6 Å². The first kappa shape index (κ1) is 13.1. The Kier molecular flexibility index (Phi) is 4.05. The van der Waals surface area contributed by atoms with Crippen molar-refractivity contribution in [2.75, 3.05) is 14.2 Å². The number of hydrogen-bond acceptors (Lipinski definition) is 3. The molecule has 1 atom stereocenters. The molecule has 0 aliphatic rings. The molecule has 0 aliphatic carbocycles. The molecular formula is C12H18ClNO2. The number of hydrogen-bond donors (Lipinski definition) is 1. The molecule has 0 aliphatic heterocycles. The van der Waals surface area contributed by atoms with E-state index in [0.717, 1.165) is 22.4 Å². The Bertz CT molecular complexity index is 403. The van der Waals surface area contributed by atoms with Gasteiger partial charge in [0, 0.05) is 22.7 Å². The van der Waals surface area contributed by atoms with Crippen LogP contribution in [0.3, 0.4) is 0 Å². The maximum Gasteiger partial charge on any atom is 0.141 e. The normalized spacial score (nSPS) is 12.4. The zero-order chi connectivity index (χ0) is 12.5. The zero-order valence-corrected chi connectivity index (χ0v) is 11.1. The van der Waals surface area contributed by atoms with Crippen LogP contribution >= 0.6 is 11.6 Å². The molecule has 1 aromatic rings. The lowest BCUT2D eigenvalue weighted by Gasteiger charge is -2.21. The van der Waals surface area contributed by atoms with E-state index in [0.29, 0.717) is 10.8 Å². The number of rotatable bonds is 3. The first-order valence-electron chi connectivity index (χ1n) is 5.11. The standard InChI is InChI=1S/C12H18ClNO2/c1-6-9(8(3)14)11(15-4)7(2)10(13)12(6)16-5/h8H,14H2,1-5H3. The van der Waals surface area contributed by atoms with Gasteiger partial charge in [-0.3, -0.25) is 0 Å². The van der Waals surface area contributed by atoms with Gasteiger partial charge in [0.25, 0.3) is 0 Å². The second-order valence-electron chi connectivity index (χ2n) is 3.83. The first-order valence-corrected chi connectivity index (χ1v) is 5.49. The molecule has 1 unspecified atom stereocenters. The Hall–Kier alpha value is -0.930. The summed E-state index contributed by atoms with van der Waals surface area (Å²) in [5, 5.41) is 0.584. The number of halogens is 1. The third-order valence-corrected chi connectivity index (χ3v) is 3.18. The van der Waals surface area contributed by atoms with Crippen LogP contribution in [0, 0.1) is 13.8 Å². The average Bonchev–Trinajstić information content (AvgIpc) is 2.23. The second kappa shape index (κ2) is 4.93. The van der Waals surface area contributed by atoms with Gasteiger partial charge in [0.2, 0.25) is 0 Å². The maximum absolute atomic E-state index is 6.21. The molecule has 4 heteroatoms. The van der Waals surface area contributed by atoms with Gasteiger partial charge in [0.15, 0.2) is 0 Å². The molecule has 0 radical (unpaired) electrons. The van der Waals surface area contributed by atoms with E-state index in [-0.39, 0.29) is 6.04 Å². The van der Waals surface area contributed by atoms with Crippen LogP contribution in [-0.2, 0) is 0 Å². The fourth-order valence-corrected chi connectivity index (χ4v) is 2.29. The van der Waals surface area contributed by atoms with Crippen LogP contribution in [0.2, 0.25) is 5.02 Å². The van der Waals surface area contributed by atoms with Gasteiger partial charge >= 0.3 is 0 Å². The average molecular weight is 244 g/mol. The van der Waals surface area contributed by atoms with Crippen LogP contribution in [0.15, 0.2) is 0 Å². The summed E-state index contributed by atoms with van der Waals surface area (Å²) in [6.45, 7) is 5.75. The lowest BCUT2D eigenvalue weighted by atomic mass is 9.97. The summed E-state index contributed by atoms with van der Waals surface area (Å²) in [6.07, 6.45) is 0. The molecule has 2 N–H and O–H groups in total. The van der Waals surface area contributed by atoms with Crippen molar-refractivity contribution >= 4 is 11.6 Å². The Morgan fingerprint density at radius 1 is 1.06 bits per heavy atom. The molecular weight excluding hydrogens is 226 g/mol. The van der Waals surface area contributed by atoms with Gasteiger partial charge in [0.1, 0.15) is 11.5 Å². The molecule has 3 nitrogen and oxygen atoms in total. The first-order chi connectivity index (χ1) is 7.45. The van der Waals surface area contributed by atoms with Crippen molar-refractivity contribution in [3.63, 3.8) is 0 Å². The summed E-state index contributed by atoms with van der Waals surface area (Å²) >= 11 is 6.21. The Morgan fingerprint density at radius 3 is 1.94 bits per heavy atom. The highest BCUT2D eigenvalue weighted by atomic mass is 35.5. The highest BCUT2D eigenvalue weighted by Crippen LogP contribution is 2.42. The van der Waals surface area contributed by atoms with Crippen LogP contribution in [0.1, 0.15) is 29.7 Å². The van der Waals surface area contributed by atoms with Gasteiger partial charge < -0.3 is 15.2 Å². The maximum atomic E-state index is 6.21. The van der Waals surface area contributed by atoms with Crippen LogP contribution in [-0.4, -0.2) is 14.2 Å². The highest BCUT2D eigenvalue weighted by Gasteiger charge is 2.21. The molecule has 0 aromatic heterocycles. The molecule has 0 spiro atoms. The summed E-state index contributed by atoms with van der Waals surface area (Å²) < 4.78 is 10.7. The van der Waals surface area contributed by atoms with Crippen molar-refractivity contribution in [2.45, 2.75) is 26.8 Å². The van der Waals surface area contributed by atoms with Crippen molar-refractivity contribution in [3.05, 3.63) is 21.7 Å². The fourth-order valence-electron chi connectivity index (χ4n) is 1.98. The van der Waals surface area contributed by atoms with Crippen LogP contribution in [0.4, 0.5) is 0 Å². The number of benzene rings is 1. The van der Waals surface area contributed by atoms with Crippen LogP contribution < -0.4 is 15.2 Å². The minimum absolute atomic E-state index is 0.125. The SMILES string of the molecule is COc1c(C)c(C(C)N)c(OC)c(C)c1Cl. The van der Waals surface area contributed by atoms with Crippen molar-refractivity contribution in [2.24, 2.45) is 5.73 Å². The lowest BCUT2D eigenvalue weighted by Crippen LogP contribution is -2.11. The zero-order valence-electron chi connectivity index (χ0n) is 10.3. The molecule has 1 rings (SSSR count). The molecule has 0 saturated heterocycles. The van der Waals surface area contributed by atoms with E-state index < -0.39 is 0 Å². The smallest absolute Gasteiger partial charge is 0.141 e. The number of ether oxygens (including phenoxy) is 2. The molecule has 0 bridgehead atoms. The second-order valence-corrected chi connectivity index (χ2v) is 4.21. The minimum Gasteiger partial charge on any atom is -0.496 e. The Labute approximate surface area is 101 Å². The highest BCUT2D eigenvalue weighted by molar-refractivity contribution is 6.33. The lowest BCUT2D eigenvalue weighted by molar-refractivity contribution is 0.391. The van der Waals surface area contributed by atoms with E-state index >= 15 is 0 Å². The van der Waals surface area contributed by atoms with E-state index in [1.165, 1.54) is 0 Å². The molecule has 16 heavy (non-hydrogen) atoms. The minimum atomic E-state index is -0.125. The summed E-state index contributed by atoms with van der Waals surface area (Å²) in [6, 6.07) is -0.125. The number of nitrogens with two attached hydrogens (primary N) is 1. The van der Waals surface area contributed by atoms with Crippen molar-refractivity contribution in [1.82, 2.24) is 0 Å². The van der Waals surface area contributed by atoms with Gasteiger partial charge in [-0.05, 0) is 20.8 Å². The third-order valence-electron chi connectivity index (χ3n) is 2.72. The molecule has 0 amide bonds. The molecule has 0 fully saturated rings. The third kappa shape index (κ3) is 1.97. The van der Waals surface area contributed by atoms with E-state index in [1.807, 2.05) is 20.8 Å². The monoisotopic (exact) mass is 243 g/mol. The van der Waals surface area contributed by atoms with E-state index in [2.05, 4.69) is 0 Å². The van der Waals surface area contributed by atoms with E-state index in [1.54, 1.807) is 14.2 Å². The van der Waals surface area contributed by atoms with Crippen molar-refractivity contribution in [1.29, 1.82) is 0 Å². The van der Waals surface area contributed by atoms with Crippen molar-refractivity contribution < 1.29 is 9.47 Å². The van der Waals surface area contributed by atoms with Gasteiger partial charge in [-0.2, -0.15) is 0 Å². The van der Waals surface area contributed by atoms with Gasteiger partial charge in [0.05, 0.1) is 19.2 Å². The largest absolute Gasteiger partial charge is 0.496 e. The van der Waals surface area contributed by atoms with Crippen LogP contribution in [0.25, 0.3) is 0 Å². The number of methoxy groups -OCH3 is 2. The van der Waals surface area contributed by atoms with Gasteiger partial charge in [-0.15, -0.1) is 0 Å². The van der Waals surface area contributed by atoms with Crippen LogP contribution in [0.5, 0.6) is 11.5 Å². The van der Waals surface area contributed by atoms with E-state index in [9.17, 15) is 0 Å². The topological polar surface area (TPSA) is 44.5 Å². The summed E-state index contributed by atoms with van der Waals surface area (Å²) in [4.78, 5) is 0. The fraction of sp³-hybridized carbons (Fsp3) is 0.500. The molecule has 0 heterocycles. The summed E-state index contributed by atoms with van der Waals surface area (Å²) in [7, 11) is 3.22. The Balaban J connectivity index is 3.64.